The number of thioether (sulfide) groups is 1. The fourth-order valence-electron chi connectivity index (χ4n) is 3.58. The van der Waals surface area contributed by atoms with Crippen molar-refractivity contribution in [3.8, 4) is 11.5 Å². The van der Waals surface area contributed by atoms with Crippen molar-refractivity contribution >= 4 is 17.7 Å². The molecule has 0 N–H and O–H groups in total. The Bertz CT molecular complexity index is 769. The second-order valence-electron chi connectivity index (χ2n) is 8.73. The summed E-state index contributed by atoms with van der Waals surface area (Å²) in [5.41, 5.74) is 2.27. The number of likely N-dealkylation sites (tertiary alicyclic amines) is 1. The van der Waals surface area contributed by atoms with Gasteiger partial charge in [0, 0.05) is 18.7 Å². The minimum absolute atomic E-state index is 0.109. The first-order chi connectivity index (χ1) is 12.7. The molecule has 0 spiro atoms. The van der Waals surface area contributed by atoms with E-state index in [1.807, 2.05) is 17.0 Å². The first kappa shape index (κ1) is 19.9. The Labute approximate surface area is 165 Å². The van der Waals surface area contributed by atoms with Crippen LogP contribution in [-0.4, -0.2) is 39.8 Å². The van der Waals surface area contributed by atoms with Gasteiger partial charge in [0.05, 0.1) is 5.75 Å². The molecule has 1 amide bonds. The Morgan fingerprint density at radius 1 is 1.15 bits per heavy atom. The first-order valence-electron chi connectivity index (χ1n) is 9.57. The van der Waals surface area contributed by atoms with Crippen LogP contribution in [0.15, 0.2) is 33.9 Å². The number of aromatic nitrogens is 2. The quantitative estimate of drug-likeness (QED) is 0.716. The predicted octanol–water partition coefficient (Wildman–Crippen LogP) is 4.63. The highest BCUT2D eigenvalue weighted by molar-refractivity contribution is 7.99. The van der Waals surface area contributed by atoms with E-state index in [1.165, 1.54) is 23.7 Å². The predicted molar refractivity (Wildman–Crippen MR) is 109 cm³/mol. The van der Waals surface area contributed by atoms with E-state index in [1.54, 1.807) is 0 Å². The van der Waals surface area contributed by atoms with Gasteiger partial charge in [-0.15, -0.1) is 10.2 Å². The molecular weight excluding hydrogens is 358 g/mol. The maximum absolute atomic E-state index is 12.5. The Hall–Kier alpha value is -1.82. The molecule has 2 heterocycles. The van der Waals surface area contributed by atoms with Crippen molar-refractivity contribution in [3.05, 3.63) is 29.8 Å². The number of carbonyl (C=O) groups excluding carboxylic acids is 1. The fraction of sp³-hybridized carbons (Fsp3) is 0.571. The summed E-state index contributed by atoms with van der Waals surface area (Å²) in [5.74, 6) is 2.10. The number of hydrogen-bond donors (Lipinski definition) is 0. The molecule has 6 heteroatoms. The van der Waals surface area contributed by atoms with E-state index in [0.29, 0.717) is 28.7 Å². The van der Waals surface area contributed by atoms with Crippen LogP contribution in [0.5, 0.6) is 0 Å². The fourth-order valence-corrected chi connectivity index (χ4v) is 4.24. The summed E-state index contributed by atoms with van der Waals surface area (Å²) in [6.07, 6.45) is 1.19. The topological polar surface area (TPSA) is 59.2 Å². The van der Waals surface area contributed by atoms with Crippen LogP contribution in [0.2, 0.25) is 0 Å². The Balaban J connectivity index is 1.59. The molecule has 1 aliphatic rings. The second kappa shape index (κ2) is 8.05. The van der Waals surface area contributed by atoms with E-state index in [-0.39, 0.29) is 11.3 Å². The van der Waals surface area contributed by atoms with Gasteiger partial charge in [-0.25, -0.2) is 0 Å². The number of amides is 1. The summed E-state index contributed by atoms with van der Waals surface area (Å²) in [4.78, 5) is 14.5. The molecule has 2 atom stereocenters. The van der Waals surface area contributed by atoms with Crippen LogP contribution in [0.3, 0.4) is 0 Å². The zero-order valence-electron chi connectivity index (χ0n) is 16.9. The molecule has 27 heavy (non-hydrogen) atoms. The molecule has 0 aliphatic carbocycles. The van der Waals surface area contributed by atoms with E-state index in [4.69, 9.17) is 4.42 Å². The lowest BCUT2D eigenvalue weighted by molar-refractivity contribution is -0.130. The molecule has 0 saturated carbocycles. The summed E-state index contributed by atoms with van der Waals surface area (Å²) in [7, 11) is 0. The third-order valence-electron chi connectivity index (χ3n) is 4.95. The van der Waals surface area contributed by atoms with Crippen LogP contribution < -0.4 is 0 Å². The van der Waals surface area contributed by atoms with Gasteiger partial charge in [-0.1, -0.05) is 58.5 Å². The zero-order valence-corrected chi connectivity index (χ0v) is 17.7. The normalized spacial score (nSPS) is 20.7. The average molecular weight is 388 g/mol. The molecule has 0 unspecified atom stereocenters. The summed E-state index contributed by atoms with van der Waals surface area (Å²) >= 11 is 1.32. The largest absolute Gasteiger partial charge is 0.411 e. The molecule has 1 saturated heterocycles. The van der Waals surface area contributed by atoms with Crippen LogP contribution in [0, 0.1) is 11.8 Å². The van der Waals surface area contributed by atoms with Crippen molar-refractivity contribution < 1.29 is 9.21 Å². The highest BCUT2D eigenvalue weighted by Crippen LogP contribution is 2.28. The van der Waals surface area contributed by atoms with Crippen LogP contribution in [0.25, 0.3) is 11.5 Å². The van der Waals surface area contributed by atoms with Gasteiger partial charge in [0.2, 0.25) is 11.8 Å². The van der Waals surface area contributed by atoms with Crippen LogP contribution in [0.1, 0.15) is 46.6 Å². The standard InChI is InChI=1S/C21H29N3O2S/c1-14-10-15(2)12-24(11-14)18(25)13-27-20-23-22-19(26-20)16-6-8-17(9-7-16)21(3,4)5/h6-9,14-15H,10-13H2,1-5H3/t14-,15-/m0/s1. The summed E-state index contributed by atoms with van der Waals surface area (Å²) < 4.78 is 5.75. The number of nitrogens with zero attached hydrogens (tertiary/aromatic N) is 3. The lowest BCUT2D eigenvalue weighted by atomic mass is 9.87. The van der Waals surface area contributed by atoms with Gasteiger partial charge in [0.25, 0.3) is 5.22 Å². The molecule has 146 valence electrons. The number of carbonyl (C=O) groups is 1. The van der Waals surface area contributed by atoms with E-state index in [0.717, 1.165) is 18.7 Å². The van der Waals surface area contributed by atoms with E-state index in [9.17, 15) is 4.79 Å². The van der Waals surface area contributed by atoms with Gasteiger partial charge in [0.1, 0.15) is 0 Å². The number of benzene rings is 1. The van der Waals surface area contributed by atoms with E-state index >= 15 is 0 Å². The highest BCUT2D eigenvalue weighted by Gasteiger charge is 2.25. The lowest BCUT2D eigenvalue weighted by Crippen LogP contribution is -2.43. The Morgan fingerprint density at radius 3 is 2.37 bits per heavy atom. The Kier molecular flexibility index (Phi) is 5.94. The average Bonchev–Trinajstić information content (AvgIpc) is 3.07. The third kappa shape index (κ3) is 5.12. The van der Waals surface area contributed by atoms with Crippen molar-refractivity contribution in [1.82, 2.24) is 15.1 Å². The number of hydrogen-bond acceptors (Lipinski definition) is 5. The molecule has 1 fully saturated rings. The first-order valence-corrected chi connectivity index (χ1v) is 10.6. The monoisotopic (exact) mass is 387 g/mol. The molecule has 1 aliphatic heterocycles. The Morgan fingerprint density at radius 2 is 1.78 bits per heavy atom. The van der Waals surface area contributed by atoms with Gasteiger partial charge in [0.15, 0.2) is 0 Å². The smallest absolute Gasteiger partial charge is 0.277 e. The van der Waals surface area contributed by atoms with Crippen LogP contribution in [-0.2, 0) is 10.2 Å². The molecular formula is C21H29N3O2S. The van der Waals surface area contributed by atoms with Crippen molar-refractivity contribution in [2.24, 2.45) is 11.8 Å². The van der Waals surface area contributed by atoms with E-state index < -0.39 is 0 Å². The summed E-state index contributed by atoms with van der Waals surface area (Å²) in [6.45, 7) is 12.7. The van der Waals surface area contributed by atoms with Crippen LogP contribution >= 0.6 is 11.8 Å². The van der Waals surface area contributed by atoms with Crippen molar-refractivity contribution in [1.29, 1.82) is 0 Å². The SMILES string of the molecule is C[C@H]1C[C@H](C)CN(C(=O)CSc2nnc(-c3ccc(C(C)(C)C)cc3)o2)C1. The zero-order chi connectivity index (χ0) is 19.6. The summed E-state index contributed by atoms with van der Waals surface area (Å²) in [6, 6.07) is 8.19. The molecule has 5 nitrogen and oxygen atoms in total. The van der Waals surface area contributed by atoms with Gasteiger partial charge < -0.3 is 9.32 Å². The summed E-state index contributed by atoms with van der Waals surface area (Å²) in [5, 5.41) is 8.66. The van der Waals surface area contributed by atoms with Crippen molar-refractivity contribution in [2.45, 2.75) is 51.7 Å². The van der Waals surface area contributed by atoms with Gasteiger partial charge in [-0.3, -0.25) is 4.79 Å². The molecule has 1 aromatic carbocycles. The molecule has 0 radical (unpaired) electrons. The maximum atomic E-state index is 12.5. The molecule has 0 bridgehead atoms. The molecule has 1 aromatic heterocycles. The number of piperidine rings is 1. The third-order valence-corrected chi connectivity index (χ3v) is 5.75. The minimum Gasteiger partial charge on any atom is -0.411 e. The van der Waals surface area contributed by atoms with Crippen LogP contribution in [0.4, 0.5) is 0 Å². The number of rotatable bonds is 4. The van der Waals surface area contributed by atoms with E-state index in [2.05, 4.69) is 56.9 Å². The van der Waals surface area contributed by atoms with Crippen molar-refractivity contribution in [2.75, 3.05) is 18.8 Å². The lowest BCUT2D eigenvalue weighted by Gasteiger charge is -2.34. The van der Waals surface area contributed by atoms with Gasteiger partial charge in [-0.05, 0) is 41.4 Å². The second-order valence-corrected chi connectivity index (χ2v) is 9.66. The minimum atomic E-state index is 0.109. The van der Waals surface area contributed by atoms with Crippen molar-refractivity contribution in [3.63, 3.8) is 0 Å². The molecule has 3 rings (SSSR count). The van der Waals surface area contributed by atoms with Gasteiger partial charge in [-0.2, -0.15) is 0 Å². The maximum Gasteiger partial charge on any atom is 0.277 e. The van der Waals surface area contributed by atoms with Gasteiger partial charge >= 0.3 is 0 Å². The highest BCUT2D eigenvalue weighted by atomic mass is 32.2. The molecule has 2 aromatic rings.